The largest absolute Gasteiger partial charge is 0.400 e. The van der Waals surface area contributed by atoms with Gasteiger partial charge in [-0.15, -0.1) is 0 Å². The summed E-state index contributed by atoms with van der Waals surface area (Å²) in [7, 11) is 2.69. The number of anilines is 2. The van der Waals surface area contributed by atoms with Crippen LogP contribution in [0.2, 0.25) is 0 Å². The first-order valence-corrected chi connectivity index (χ1v) is 23.4. The van der Waals surface area contributed by atoms with E-state index in [1.165, 1.54) is 167 Å². The number of unbranched alkanes of at least 4 members (excludes halogenated alkanes) is 21. The Bertz CT molecular complexity index is 940. The van der Waals surface area contributed by atoms with Gasteiger partial charge in [-0.1, -0.05) is 181 Å². The van der Waals surface area contributed by atoms with E-state index >= 15 is 0 Å². The summed E-state index contributed by atoms with van der Waals surface area (Å²) in [6.45, 7) is 13.4. The van der Waals surface area contributed by atoms with E-state index < -0.39 is 10.9 Å². The van der Waals surface area contributed by atoms with Crippen LogP contribution in [0.25, 0.3) is 0 Å². The van der Waals surface area contributed by atoms with Crippen LogP contribution in [0.5, 0.6) is 0 Å². The molecule has 1 aromatic carbocycles. The SMILES string of the molecule is C=O.CCCCCCCCC(CCCCCCCC)CCCCCCCN(CCCCCCO)CCCNc1c(NC)c(=O)c1=O.CCCCCCCO.CO.[Y]. The van der Waals surface area contributed by atoms with Gasteiger partial charge in [0.25, 0.3) is 10.9 Å². The van der Waals surface area contributed by atoms with Gasteiger partial charge in [-0.2, -0.15) is 0 Å². The maximum absolute atomic E-state index is 11.8. The second-order valence-corrected chi connectivity index (χ2v) is 15.6. The Balaban J connectivity index is -0.000000944. The number of aliphatic hydroxyl groups is 3. The third kappa shape index (κ3) is 40.5. The average Bonchev–Trinajstić information content (AvgIpc) is 3.23. The molecule has 0 unspecified atom stereocenters. The maximum atomic E-state index is 11.8. The number of carbonyl (C=O) groups excluding carboxylic acids is 1. The van der Waals surface area contributed by atoms with E-state index in [4.69, 9.17) is 20.1 Å². The average molecular weight is 887 g/mol. The summed E-state index contributed by atoms with van der Waals surface area (Å²) < 4.78 is 0. The molecule has 9 nitrogen and oxygen atoms in total. The van der Waals surface area contributed by atoms with Gasteiger partial charge in [0.05, 0.1) is 0 Å². The smallest absolute Gasteiger partial charge is 0.253 e. The molecular formula is C47H95N3O6Y. The summed E-state index contributed by atoms with van der Waals surface area (Å²) in [5, 5.41) is 30.5. The summed E-state index contributed by atoms with van der Waals surface area (Å²) in [5.74, 6) is 0.954. The third-order valence-corrected chi connectivity index (χ3v) is 10.8. The minimum atomic E-state index is -0.411. The Morgan fingerprint density at radius 2 is 0.807 bits per heavy atom. The van der Waals surface area contributed by atoms with Gasteiger partial charge in [-0.25, -0.2) is 0 Å². The number of carbonyl (C=O) groups is 1. The molecule has 0 fully saturated rings. The first-order valence-electron chi connectivity index (χ1n) is 23.4. The van der Waals surface area contributed by atoms with Crippen LogP contribution in [-0.4, -0.2) is 80.6 Å². The molecule has 0 spiro atoms. The molecule has 0 atom stereocenters. The van der Waals surface area contributed by atoms with Crippen molar-refractivity contribution in [3.05, 3.63) is 20.4 Å². The zero-order chi connectivity index (χ0) is 42.3. The number of nitrogens with one attached hydrogen (secondary N) is 2. The van der Waals surface area contributed by atoms with Crippen molar-refractivity contribution < 1.29 is 52.8 Å². The predicted molar refractivity (Wildman–Crippen MR) is 244 cm³/mol. The molecule has 0 heterocycles. The Labute approximate surface area is 377 Å². The molecule has 337 valence electrons. The van der Waals surface area contributed by atoms with Gasteiger partial charge >= 0.3 is 0 Å². The molecule has 0 aliphatic heterocycles. The predicted octanol–water partition coefficient (Wildman–Crippen LogP) is 10.8. The van der Waals surface area contributed by atoms with Crippen molar-refractivity contribution in [1.82, 2.24) is 4.90 Å². The molecular weight excluding hydrogens is 791 g/mol. The molecule has 0 saturated heterocycles. The van der Waals surface area contributed by atoms with Crippen molar-refractivity contribution in [2.45, 2.75) is 213 Å². The second kappa shape index (κ2) is 53.3. The van der Waals surface area contributed by atoms with Gasteiger partial charge in [-0.05, 0) is 57.7 Å². The molecule has 10 heteroatoms. The van der Waals surface area contributed by atoms with Gasteiger partial charge in [0, 0.05) is 66.6 Å². The van der Waals surface area contributed by atoms with Crippen LogP contribution in [0.4, 0.5) is 11.4 Å². The van der Waals surface area contributed by atoms with Crippen molar-refractivity contribution in [3.8, 4) is 0 Å². The van der Waals surface area contributed by atoms with Crippen LogP contribution in [0.3, 0.4) is 0 Å². The van der Waals surface area contributed by atoms with E-state index in [9.17, 15) is 9.59 Å². The van der Waals surface area contributed by atoms with Crippen molar-refractivity contribution in [3.63, 3.8) is 0 Å². The van der Waals surface area contributed by atoms with Gasteiger partial charge in [0.15, 0.2) is 0 Å². The van der Waals surface area contributed by atoms with Gasteiger partial charge in [0.1, 0.15) is 18.2 Å². The first-order chi connectivity index (χ1) is 27.5. The summed E-state index contributed by atoms with van der Waals surface area (Å²) in [6, 6.07) is 0. The summed E-state index contributed by atoms with van der Waals surface area (Å²) in [4.78, 5) is 34.0. The van der Waals surface area contributed by atoms with E-state index in [0.717, 1.165) is 58.3 Å². The molecule has 57 heavy (non-hydrogen) atoms. The van der Waals surface area contributed by atoms with E-state index in [1.807, 2.05) is 6.79 Å². The number of nitrogens with zero attached hydrogens (tertiary/aromatic N) is 1. The monoisotopic (exact) mass is 887 g/mol. The van der Waals surface area contributed by atoms with Crippen LogP contribution in [0, 0.1) is 5.92 Å². The molecule has 0 amide bonds. The minimum Gasteiger partial charge on any atom is -0.400 e. The molecule has 1 aromatic rings. The van der Waals surface area contributed by atoms with Gasteiger partial charge in [-0.3, -0.25) is 9.59 Å². The molecule has 0 bridgehead atoms. The Hall–Kier alpha value is -0.706. The van der Waals surface area contributed by atoms with Crippen LogP contribution >= 0.6 is 0 Å². The van der Waals surface area contributed by atoms with Crippen LogP contribution in [0.1, 0.15) is 213 Å². The standard InChI is InChI=1S/C38H73N3O3.C7H16O.CH4O.CH2O.Y/c1-4-6-8-10-13-19-26-34(27-20-14-11-9-7-5-2)28-21-15-12-16-22-30-41(31-23-17-18-24-33-42)32-25-29-40-36-35(39-3)37(43)38(36)44;1-2-3-4-5-6-7-8;2*1-2;/h34,39-40,42H,4-33H2,1-3H3;8H,2-7H2,1H3;2H,1H3;1H2;. The normalized spacial score (nSPS) is 10.6. The quantitative estimate of drug-likeness (QED) is 0.0323. The first kappa shape index (κ1) is 62.9. The second-order valence-electron chi connectivity index (χ2n) is 15.6. The van der Waals surface area contributed by atoms with E-state index in [1.54, 1.807) is 7.05 Å². The Morgan fingerprint density at radius 1 is 0.491 bits per heavy atom. The third-order valence-electron chi connectivity index (χ3n) is 10.8. The van der Waals surface area contributed by atoms with Crippen molar-refractivity contribution in [1.29, 1.82) is 0 Å². The van der Waals surface area contributed by atoms with E-state index in [2.05, 4.69) is 36.3 Å². The molecule has 0 saturated carbocycles. The van der Waals surface area contributed by atoms with Gasteiger partial charge < -0.3 is 35.6 Å². The molecule has 1 radical (unpaired) electrons. The Morgan fingerprint density at radius 3 is 1.18 bits per heavy atom. The number of rotatable bonds is 39. The molecule has 5 N–H and O–H groups in total. The topological polar surface area (TPSA) is 139 Å². The zero-order valence-corrected chi connectivity index (χ0v) is 41.2. The Kier molecular flexibility index (Phi) is 58.9. The fraction of sp³-hybridized carbons (Fsp3) is 0.894. The van der Waals surface area contributed by atoms with Crippen LogP contribution in [-0.2, 0) is 37.5 Å². The summed E-state index contributed by atoms with van der Waals surface area (Å²) in [5.41, 5.74) is 0.0676. The van der Waals surface area contributed by atoms with Crippen LogP contribution < -0.4 is 21.5 Å². The van der Waals surface area contributed by atoms with Crippen molar-refractivity contribution in [2.75, 3.05) is 64.2 Å². The fourth-order valence-corrected chi connectivity index (χ4v) is 7.32. The molecule has 0 aliphatic carbocycles. The summed E-state index contributed by atoms with van der Waals surface area (Å²) >= 11 is 0. The number of hydrogen-bond acceptors (Lipinski definition) is 9. The number of aliphatic hydroxyl groups excluding tert-OH is 3. The zero-order valence-electron chi connectivity index (χ0n) is 38.3. The molecule has 1 rings (SSSR count). The molecule has 0 aliphatic rings. The van der Waals surface area contributed by atoms with Crippen LogP contribution in [0.15, 0.2) is 9.59 Å². The van der Waals surface area contributed by atoms with E-state index in [0.29, 0.717) is 31.1 Å². The van der Waals surface area contributed by atoms with Crippen molar-refractivity contribution in [2.24, 2.45) is 5.92 Å². The summed E-state index contributed by atoms with van der Waals surface area (Å²) in [6.07, 6.45) is 39.4. The maximum Gasteiger partial charge on any atom is 0.253 e. The molecule has 0 aromatic heterocycles. The number of hydrogen-bond donors (Lipinski definition) is 5. The minimum absolute atomic E-state index is 0. The fourth-order valence-electron chi connectivity index (χ4n) is 7.32. The van der Waals surface area contributed by atoms with Crippen molar-refractivity contribution >= 4 is 18.2 Å². The van der Waals surface area contributed by atoms with E-state index in [-0.39, 0.29) is 32.7 Å². The van der Waals surface area contributed by atoms with Gasteiger partial charge in [0.2, 0.25) is 0 Å².